The van der Waals surface area contributed by atoms with Gasteiger partial charge in [-0.25, -0.2) is 0 Å². The van der Waals surface area contributed by atoms with Gasteiger partial charge in [-0.3, -0.25) is 0 Å². The van der Waals surface area contributed by atoms with Crippen LogP contribution in [-0.4, -0.2) is 30.4 Å². The first-order valence-corrected chi connectivity index (χ1v) is 5.00. The highest BCUT2D eigenvalue weighted by Crippen LogP contribution is 2.32. The summed E-state index contributed by atoms with van der Waals surface area (Å²) in [4.78, 5) is 2.37. The Morgan fingerprint density at radius 2 is 2.07 bits per heavy atom. The molecule has 3 rings (SSSR count). The van der Waals surface area contributed by atoms with Crippen LogP contribution in [0, 0.1) is 0 Å². The summed E-state index contributed by atoms with van der Waals surface area (Å²) in [6.07, 6.45) is 1.58. The normalized spacial score (nSPS) is 29.9. The molecule has 3 nitrogen and oxygen atoms in total. The van der Waals surface area contributed by atoms with Crippen molar-refractivity contribution in [2.24, 2.45) is 0 Å². The lowest BCUT2D eigenvalue weighted by Crippen LogP contribution is -2.36. The predicted molar refractivity (Wildman–Crippen MR) is 53.6 cm³/mol. The van der Waals surface area contributed by atoms with Gasteiger partial charge in [0, 0.05) is 12.2 Å². The van der Waals surface area contributed by atoms with E-state index in [1.54, 1.807) is 12.1 Å². The van der Waals surface area contributed by atoms with Gasteiger partial charge in [-0.2, -0.15) is 0 Å². The number of hydrogen-bond donors (Lipinski definition) is 1. The zero-order valence-corrected chi connectivity index (χ0v) is 7.89. The number of fused-ring (bicyclic) bond motifs is 2. The van der Waals surface area contributed by atoms with Gasteiger partial charge < -0.3 is 14.7 Å². The van der Waals surface area contributed by atoms with Gasteiger partial charge in [0.1, 0.15) is 5.75 Å². The molecule has 0 spiro atoms. The Labute approximate surface area is 82.9 Å². The number of rotatable bonds is 1. The molecule has 3 heteroatoms. The summed E-state index contributed by atoms with van der Waals surface area (Å²) < 4.78 is 5.54. The molecule has 0 aromatic heterocycles. The highest BCUT2D eigenvalue weighted by Gasteiger charge is 2.38. The molecule has 0 aliphatic carbocycles. The van der Waals surface area contributed by atoms with E-state index in [0.717, 1.165) is 19.6 Å². The molecule has 2 aliphatic rings. The number of ether oxygens (including phenoxy) is 1. The third-order valence-electron chi connectivity index (χ3n) is 3.08. The summed E-state index contributed by atoms with van der Waals surface area (Å²) in [5, 5.41) is 9.19. The fraction of sp³-hybridized carbons (Fsp3) is 0.455. The average Bonchev–Trinajstić information content (AvgIpc) is 2.80. The molecule has 0 saturated carbocycles. The molecule has 2 atom stereocenters. The highest BCUT2D eigenvalue weighted by molar-refractivity contribution is 5.51. The smallest absolute Gasteiger partial charge is 0.115 e. The maximum absolute atomic E-state index is 9.19. The van der Waals surface area contributed by atoms with Crippen molar-refractivity contribution in [2.75, 3.05) is 18.1 Å². The summed E-state index contributed by atoms with van der Waals surface area (Å²) >= 11 is 0. The Kier molecular flexibility index (Phi) is 1.67. The summed E-state index contributed by atoms with van der Waals surface area (Å²) in [6, 6.07) is 7.96. The molecule has 2 fully saturated rings. The van der Waals surface area contributed by atoms with E-state index in [0.29, 0.717) is 17.9 Å². The molecule has 1 N–H and O–H groups in total. The molecular weight excluding hydrogens is 178 g/mol. The second-order valence-corrected chi connectivity index (χ2v) is 4.01. The lowest BCUT2D eigenvalue weighted by Gasteiger charge is -2.28. The number of phenolic OH excluding ortho intramolecular Hbond substituents is 1. The van der Waals surface area contributed by atoms with Crippen LogP contribution >= 0.6 is 0 Å². The fourth-order valence-corrected chi connectivity index (χ4v) is 2.36. The Morgan fingerprint density at radius 1 is 1.29 bits per heavy atom. The Morgan fingerprint density at radius 3 is 2.64 bits per heavy atom. The maximum Gasteiger partial charge on any atom is 0.115 e. The molecule has 0 amide bonds. The van der Waals surface area contributed by atoms with Gasteiger partial charge in [0.05, 0.1) is 18.8 Å². The van der Waals surface area contributed by atoms with Crippen LogP contribution in [0.5, 0.6) is 5.75 Å². The van der Waals surface area contributed by atoms with Crippen molar-refractivity contribution in [1.29, 1.82) is 0 Å². The number of morpholine rings is 1. The Hall–Kier alpha value is -1.22. The van der Waals surface area contributed by atoms with Crippen molar-refractivity contribution in [3.63, 3.8) is 0 Å². The van der Waals surface area contributed by atoms with E-state index in [4.69, 9.17) is 4.74 Å². The van der Waals surface area contributed by atoms with Crippen molar-refractivity contribution >= 4 is 5.69 Å². The molecule has 2 aliphatic heterocycles. The van der Waals surface area contributed by atoms with E-state index in [1.807, 2.05) is 12.1 Å². The molecule has 0 radical (unpaired) electrons. The van der Waals surface area contributed by atoms with Crippen molar-refractivity contribution in [3.05, 3.63) is 24.3 Å². The van der Waals surface area contributed by atoms with E-state index in [1.165, 1.54) is 5.69 Å². The molecule has 2 heterocycles. The second kappa shape index (κ2) is 2.89. The minimum atomic E-state index is 0.328. The molecule has 1 aromatic rings. The van der Waals surface area contributed by atoms with Crippen molar-refractivity contribution in [2.45, 2.75) is 18.6 Å². The molecule has 74 valence electrons. The van der Waals surface area contributed by atoms with E-state index < -0.39 is 0 Å². The second-order valence-electron chi connectivity index (χ2n) is 4.01. The van der Waals surface area contributed by atoms with Crippen LogP contribution in [0.3, 0.4) is 0 Å². The topological polar surface area (TPSA) is 32.7 Å². The van der Waals surface area contributed by atoms with Crippen molar-refractivity contribution < 1.29 is 9.84 Å². The predicted octanol–water partition coefficient (Wildman–Crippen LogP) is 1.37. The van der Waals surface area contributed by atoms with Crippen molar-refractivity contribution in [1.82, 2.24) is 0 Å². The molecule has 1 aromatic carbocycles. The van der Waals surface area contributed by atoms with Crippen molar-refractivity contribution in [3.8, 4) is 5.75 Å². The third-order valence-corrected chi connectivity index (χ3v) is 3.08. The fourth-order valence-electron chi connectivity index (χ4n) is 2.36. The van der Waals surface area contributed by atoms with Gasteiger partial charge in [-0.1, -0.05) is 0 Å². The summed E-state index contributed by atoms with van der Waals surface area (Å²) in [7, 11) is 0. The first-order valence-electron chi connectivity index (χ1n) is 5.00. The molecule has 2 bridgehead atoms. The third kappa shape index (κ3) is 1.16. The number of hydrogen-bond acceptors (Lipinski definition) is 3. The van der Waals surface area contributed by atoms with Crippen LogP contribution in [0.25, 0.3) is 0 Å². The first-order chi connectivity index (χ1) is 6.83. The molecular formula is C11H13NO2. The monoisotopic (exact) mass is 191 g/mol. The number of anilines is 1. The zero-order valence-electron chi connectivity index (χ0n) is 7.89. The van der Waals surface area contributed by atoms with E-state index >= 15 is 0 Å². The quantitative estimate of drug-likeness (QED) is 0.727. The van der Waals surface area contributed by atoms with E-state index in [9.17, 15) is 5.11 Å². The minimum absolute atomic E-state index is 0.328. The number of phenols is 1. The molecule has 2 saturated heterocycles. The van der Waals surface area contributed by atoms with Crippen LogP contribution in [-0.2, 0) is 4.74 Å². The van der Waals surface area contributed by atoms with E-state index in [-0.39, 0.29) is 0 Å². The number of aromatic hydroxyl groups is 1. The van der Waals surface area contributed by atoms with Gasteiger partial charge in [-0.15, -0.1) is 0 Å². The SMILES string of the molecule is Oc1ccc(N2CC3CC2CO3)cc1. The first kappa shape index (κ1) is 8.12. The Balaban J connectivity index is 1.86. The van der Waals surface area contributed by atoms with Gasteiger partial charge in [-0.05, 0) is 30.7 Å². The molecule has 14 heavy (non-hydrogen) atoms. The van der Waals surface area contributed by atoms with Crippen LogP contribution in [0.2, 0.25) is 0 Å². The lowest BCUT2D eigenvalue weighted by atomic mass is 10.2. The van der Waals surface area contributed by atoms with Gasteiger partial charge >= 0.3 is 0 Å². The molecule has 2 unspecified atom stereocenters. The Bertz CT molecular complexity index is 336. The van der Waals surface area contributed by atoms with Gasteiger partial charge in [0.2, 0.25) is 0 Å². The average molecular weight is 191 g/mol. The van der Waals surface area contributed by atoms with Crippen LogP contribution in [0.4, 0.5) is 5.69 Å². The van der Waals surface area contributed by atoms with Crippen LogP contribution in [0.15, 0.2) is 24.3 Å². The summed E-state index contributed by atoms with van der Waals surface area (Å²) in [6.45, 7) is 1.85. The standard InChI is InChI=1S/C11H13NO2/c13-10-3-1-8(2-4-10)12-6-11-5-9(12)7-14-11/h1-4,9,11,13H,5-7H2. The van der Waals surface area contributed by atoms with Gasteiger partial charge in [0.15, 0.2) is 0 Å². The lowest BCUT2D eigenvalue weighted by molar-refractivity contribution is 0.0991. The summed E-state index contributed by atoms with van der Waals surface area (Å²) in [5.74, 6) is 0.328. The van der Waals surface area contributed by atoms with E-state index in [2.05, 4.69) is 4.90 Å². The summed E-state index contributed by atoms with van der Waals surface area (Å²) in [5.41, 5.74) is 1.19. The zero-order chi connectivity index (χ0) is 9.54. The highest BCUT2D eigenvalue weighted by atomic mass is 16.5. The van der Waals surface area contributed by atoms with Crippen LogP contribution in [0.1, 0.15) is 6.42 Å². The van der Waals surface area contributed by atoms with Gasteiger partial charge in [0.25, 0.3) is 0 Å². The maximum atomic E-state index is 9.19. The number of nitrogens with zero attached hydrogens (tertiary/aromatic N) is 1. The minimum Gasteiger partial charge on any atom is -0.508 e. The van der Waals surface area contributed by atoms with Crippen LogP contribution < -0.4 is 4.90 Å². The number of benzene rings is 1. The largest absolute Gasteiger partial charge is 0.508 e.